The summed E-state index contributed by atoms with van der Waals surface area (Å²) in [6.45, 7) is 6.24. The molecule has 4 heteroatoms. The highest BCUT2D eigenvalue weighted by atomic mass is 16.6. The molecule has 2 unspecified atom stereocenters. The number of amides is 1. The Labute approximate surface area is 127 Å². The molecule has 0 aromatic carbocycles. The van der Waals surface area contributed by atoms with E-state index >= 15 is 0 Å². The van der Waals surface area contributed by atoms with E-state index in [1.165, 1.54) is 25.0 Å². The molecule has 0 aromatic heterocycles. The van der Waals surface area contributed by atoms with Gasteiger partial charge in [0.15, 0.2) is 0 Å². The molecule has 4 nitrogen and oxygen atoms in total. The van der Waals surface area contributed by atoms with Crippen LogP contribution in [0.5, 0.6) is 0 Å². The van der Waals surface area contributed by atoms with E-state index in [2.05, 4.69) is 24.2 Å². The molecule has 2 aliphatic heterocycles. The van der Waals surface area contributed by atoms with Crippen molar-refractivity contribution in [1.82, 2.24) is 4.90 Å². The van der Waals surface area contributed by atoms with Crippen LogP contribution in [0.2, 0.25) is 0 Å². The van der Waals surface area contributed by atoms with Gasteiger partial charge in [-0.3, -0.25) is 4.99 Å². The fourth-order valence-corrected chi connectivity index (χ4v) is 4.38. The number of rotatable bonds is 3. The number of hydrogen-bond donors (Lipinski definition) is 0. The number of likely N-dealkylation sites (tertiary alicyclic amines) is 1. The predicted molar refractivity (Wildman–Crippen MR) is 83.3 cm³/mol. The zero-order valence-electron chi connectivity index (χ0n) is 13.1. The molecule has 1 amide bonds. The summed E-state index contributed by atoms with van der Waals surface area (Å²) in [7, 11) is 0. The van der Waals surface area contributed by atoms with Crippen LogP contribution in [0.1, 0.15) is 39.5 Å². The van der Waals surface area contributed by atoms with Crippen molar-refractivity contribution in [3.8, 4) is 0 Å². The van der Waals surface area contributed by atoms with E-state index < -0.39 is 0 Å². The Kier molecular flexibility index (Phi) is 4.32. The Bertz CT molecular complexity index is 458. The van der Waals surface area contributed by atoms with E-state index in [0.717, 1.165) is 19.5 Å². The van der Waals surface area contributed by atoms with Gasteiger partial charge in [-0.1, -0.05) is 19.4 Å². The third kappa shape index (κ3) is 2.72. The van der Waals surface area contributed by atoms with Crippen LogP contribution in [0.3, 0.4) is 0 Å². The summed E-state index contributed by atoms with van der Waals surface area (Å²) in [5, 5.41) is 0. The molecule has 1 aliphatic carbocycles. The monoisotopic (exact) mass is 290 g/mol. The Morgan fingerprint density at radius 3 is 3.05 bits per heavy atom. The van der Waals surface area contributed by atoms with E-state index in [1.807, 2.05) is 11.8 Å². The average Bonchev–Trinajstić information content (AvgIpc) is 2.91. The summed E-state index contributed by atoms with van der Waals surface area (Å²) in [6.07, 6.45) is 9.03. The first kappa shape index (κ1) is 14.6. The van der Waals surface area contributed by atoms with Gasteiger partial charge in [0, 0.05) is 36.8 Å². The average molecular weight is 290 g/mol. The molecular formula is C17H26N2O2. The van der Waals surface area contributed by atoms with Crippen LogP contribution in [0.4, 0.5) is 4.79 Å². The molecule has 3 aliphatic rings. The second-order valence-electron chi connectivity index (χ2n) is 6.47. The van der Waals surface area contributed by atoms with Gasteiger partial charge in [-0.05, 0) is 38.0 Å². The Hall–Kier alpha value is -1.32. The maximum atomic E-state index is 12.0. The zero-order valence-corrected chi connectivity index (χ0v) is 13.1. The normalized spacial score (nSPS) is 34.2. The van der Waals surface area contributed by atoms with Crippen LogP contribution in [-0.4, -0.2) is 36.9 Å². The van der Waals surface area contributed by atoms with Crippen LogP contribution in [-0.2, 0) is 4.74 Å². The van der Waals surface area contributed by atoms with Crippen molar-refractivity contribution in [1.29, 1.82) is 0 Å². The van der Waals surface area contributed by atoms with Crippen molar-refractivity contribution in [2.45, 2.75) is 39.5 Å². The van der Waals surface area contributed by atoms with Crippen LogP contribution in [0, 0.1) is 23.7 Å². The molecule has 0 spiro atoms. The van der Waals surface area contributed by atoms with Crippen LogP contribution in [0.15, 0.2) is 16.8 Å². The van der Waals surface area contributed by atoms with E-state index in [9.17, 15) is 4.79 Å². The van der Waals surface area contributed by atoms with Gasteiger partial charge in [0.2, 0.25) is 0 Å². The van der Waals surface area contributed by atoms with E-state index in [0.29, 0.717) is 30.3 Å². The number of allylic oxidation sites excluding steroid dienone is 1. The third-order valence-electron chi connectivity index (χ3n) is 5.24. The van der Waals surface area contributed by atoms with Crippen molar-refractivity contribution in [2.75, 3.05) is 19.7 Å². The fourth-order valence-electron chi connectivity index (χ4n) is 4.38. The number of carbonyl (C=O) groups excluding carboxylic acids is 1. The molecular weight excluding hydrogens is 264 g/mol. The van der Waals surface area contributed by atoms with Gasteiger partial charge >= 0.3 is 6.09 Å². The van der Waals surface area contributed by atoms with Crippen molar-refractivity contribution in [3.05, 3.63) is 11.8 Å². The molecule has 0 bridgehead atoms. The smallest absolute Gasteiger partial charge is 0.409 e. The van der Waals surface area contributed by atoms with E-state index in [-0.39, 0.29) is 6.09 Å². The Balaban J connectivity index is 1.80. The van der Waals surface area contributed by atoms with Crippen molar-refractivity contribution >= 4 is 12.3 Å². The van der Waals surface area contributed by atoms with Crippen molar-refractivity contribution in [2.24, 2.45) is 28.7 Å². The predicted octanol–water partition coefficient (Wildman–Crippen LogP) is 3.49. The molecule has 0 N–H and O–H groups in total. The largest absolute Gasteiger partial charge is 0.450 e. The second-order valence-corrected chi connectivity index (χ2v) is 6.47. The van der Waals surface area contributed by atoms with Crippen molar-refractivity contribution < 1.29 is 9.53 Å². The van der Waals surface area contributed by atoms with Gasteiger partial charge in [-0.25, -0.2) is 4.79 Å². The first-order valence-corrected chi connectivity index (χ1v) is 8.40. The summed E-state index contributed by atoms with van der Waals surface area (Å²) >= 11 is 0. The second kappa shape index (κ2) is 6.20. The minimum atomic E-state index is -0.146. The number of carbonyl (C=O) groups is 1. The Morgan fingerprint density at radius 1 is 1.43 bits per heavy atom. The molecule has 116 valence electrons. The van der Waals surface area contributed by atoms with Gasteiger partial charge in [-0.15, -0.1) is 0 Å². The minimum absolute atomic E-state index is 0.146. The number of aliphatic imine (C=N–C) groups is 1. The molecule has 21 heavy (non-hydrogen) atoms. The van der Waals surface area contributed by atoms with Gasteiger partial charge in [0.05, 0.1) is 6.61 Å². The molecule has 3 rings (SSSR count). The lowest BCUT2D eigenvalue weighted by Gasteiger charge is -2.39. The summed E-state index contributed by atoms with van der Waals surface area (Å²) < 4.78 is 5.18. The van der Waals surface area contributed by atoms with E-state index in [1.54, 1.807) is 0 Å². The lowest BCUT2D eigenvalue weighted by atomic mass is 9.67. The molecule has 2 heterocycles. The summed E-state index contributed by atoms with van der Waals surface area (Å²) in [6, 6.07) is 0. The molecule has 4 atom stereocenters. The lowest BCUT2D eigenvalue weighted by molar-refractivity contribution is 0.111. The summed E-state index contributed by atoms with van der Waals surface area (Å²) in [5.74, 6) is 2.35. The van der Waals surface area contributed by atoms with E-state index in [4.69, 9.17) is 4.74 Å². The lowest BCUT2D eigenvalue weighted by Crippen LogP contribution is -2.35. The molecule has 0 saturated carbocycles. The summed E-state index contributed by atoms with van der Waals surface area (Å²) in [5.41, 5.74) is 1.28. The molecule has 1 saturated heterocycles. The number of ether oxygens (including phenoxy) is 1. The minimum Gasteiger partial charge on any atom is -0.450 e. The SMILES string of the molecule is CCCC1C2CCC=NC2=C[C@@H]2CN(C(=O)OCC)C[C@@H]12. The number of hydrogen-bond acceptors (Lipinski definition) is 3. The van der Waals surface area contributed by atoms with Crippen LogP contribution >= 0.6 is 0 Å². The highest BCUT2D eigenvalue weighted by molar-refractivity contribution is 5.68. The zero-order chi connectivity index (χ0) is 14.8. The van der Waals surface area contributed by atoms with Gasteiger partial charge in [-0.2, -0.15) is 0 Å². The number of fused-ring (bicyclic) bond motifs is 2. The van der Waals surface area contributed by atoms with Crippen LogP contribution in [0.25, 0.3) is 0 Å². The van der Waals surface area contributed by atoms with Crippen molar-refractivity contribution in [3.63, 3.8) is 0 Å². The van der Waals surface area contributed by atoms with Gasteiger partial charge in [0.1, 0.15) is 0 Å². The molecule has 0 aromatic rings. The highest BCUT2D eigenvalue weighted by Gasteiger charge is 2.45. The topological polar surface area (TPSA) is 41.9 Å². The fraction of sp³-hybridized carbons (Fsp3) is 0.765. The first-order valence-electron chi connectivity index (χ1n) is 8.40. The third-order valence-corrected chi connectivity index (χ3v) is 5.24. The standard InChI is InChI=1S/C17H26N2O2/c1-3-6-13-14-7-5-8-18-16(14)9-12-10-19(11-15(12)13)17(20)21-4-2/h8-9,12-15H,3-7,10-11H2,1-2H3/t12-,13?,14?,15-/m1/s1. The van der Waals surface area contributed by atoms with Gasteiger partial charge < -0.3 is 9.64 Å². The molecule has 0 radical (unpaired) electrons. The number of nitrogens with zero attached hydrogens (tertiary/aromatic N) is 2. The molecule has 1 fully saturated rings. The highest BCUT2D eigenvalue weighted by Crippen LogP contribution is 2.47. The quantitative estimate of drug-likeness (QED) is 0.798. The first-order chi connectivity index (χ1) is 10.2. The Morgan fingerprint density at radius 2 is 2.29 bits per heavy atom. The van der Waals surface area contributed by atoms with Crippen LogP contribution < -0.4 is 0 Å². The van der Waals surface area contributed by atoms with Gasteiger partial charge in [0.25, 0.3) is 0 Å². The summed E-state index contributed by atoms with van der Waals surface area (Å²) in [4.78, 5) is 18.6. The maximum absolute atomic E-state index is 12.0. The maximum Gasteiger partial charge on any atom is 0.409 e.